The van der Waals surface area contributed by atoms with Gasteiger partial charge in [0.05, 0.1) is 5.52 Å². The highest BCUT2D eigenvalue weighted by atomic mass is 79.9. The van der Waals surface area contributed by atoms with E-state index in [-0.39, 0.29) is 18.0 Å². The number of aromatic nitrogens is 1. The van der Waals surface area contributed by atoms with Gasteiger partial charge in [0.1, 0.15) is 11.5 Å². The molecule has 21 heavy (non-hydrogen) atoms. The lowest BCUT2D eigenvalue weighted by Gasteiger charge is -2.05. The largest absolute Gasteiger partial charge is 0.292 e. The third-order valence-corrected chi connectivity index (χ3v) is 4.02. The maximum Gasteiger partial charge on any atom is 0.185 e. The van der Waals surface area contributed by atoms with Gasteiger partial charge < -0.3 is 0 Å². The molecule has 1 aromatic heterocycles. The Bertz CT molecular complexity index is 832. The summed E-state index contributed by atoms with van der Waals surface area (Å²) in [5.74, 6) is -0.487. The number of ketones is 1. The fourth-order valence-electron chi connectivity index (χ4n) is 2.16. The van der Waals surface area contributed by atoms with Gasteiger partial charge in [0.25, 0.3) is 0 Å². The Morgan fingerprint density at radius 3 is 2.76 bits per heavy atom. The molecule has 0 N–H and O–H groups in total. The van der Waals surface area contributed by atoms with Crippen molar-refractivity contribution < 1.29 is 9.18 Å². The third-order valence-electron chi connectivity index (χ3n) is 3.24. The zero-order chi connectivity index (χ0) is 14.8. The van der Waals surface area contributed by atoms with Crippen molar-refractivity contribution in [3.63, 3.8) is 0 Å². The van der Waals surface area contributed by atoms with Gasteiger partial charge in [-0.3, -0.25) is 4.79 Å². The minimum atomic E-state index is -0.354. The van der Waals surface area contributed by atoms with Crippen LogP contribution in [0.5, 0.6) is 0 Å². The van der Waals surface area contributed by atoms with Crippen molar-refractivity contribution in [3.05, 3.63) is 76.1 Å². The summed E-state index contributed by atoms with van der Waals surface area (Å²) in [7, 11) is 0. The molecule has 0 atom stereocenters. The molecule has 0 radical (unpaired) electrons. The van der Waals surface area contributed by atoms with Gasteiger partial charge in [-0.05, 0) is 35.9 Å². The van der Waals surface area contributed by atoms with Gasteiger partial charge >= 0.3 is 0 Å². The lowest BCUT2D eigenvalue weighted by Crippen LogP contribution is -2.06. The summed E-state index contributed by atoms with van der Waals surface area (Å²) in [6, 6.07) is 15.5. The molecule has 0 spiro atoms. The average Bonchev–Trinajstić information content (AvgIpc) is 2.50. The topological polar surface area (TPSA) is 30.0 Å². The zero-order valence-electron chi connectivity index (χ0n) is 11.0. The van der Waals surface area contributed by atoms with Crippen molar-refractivity contribution in [2.75, 3.05) is 0 Å². The minimum absolute atomic E-state index is 0.115. The average molecular weight is 344 g/mol. The van der Waals surface area contributed by atoms with Gasteiger partial charge in [0.2, 0.25) is 0 Å². The first-order valence-electron chi connectivity index (χ1n) is 6.46. The first-order valence-corrected chi connectivity index (χ1v) is 7.26. The normalized spacial score (nSPS) is 10.8. The molecule has 0 saturated heterocycles. The van der Waals surface area contributed by atoms with Crippen molar-refractivity contribution >= 4 is 32.6 Å². The van der Waals surface area contributed by atoms with E-state index in [1.54, 1.807) is 12.1 Å². The summed E-state index contributed by atoms with van der Waals surface area (Å²) < 4.78 is 14.0. The second-order valence-corrected chi connectivity index (χ2v) is 5.58. The lowest BCUT2D eigenvalue weighted by atomic mass is 10.1. The number of para-hydroxylation sites is 1. The fourth-order valence-corrected chi connectivity index (χ4v) is 2.55. The summed E-state index contributed by atoms with van der Waals surface area (Å²) in [5.41, 5.74) is 1.79. The van der Waals surface area contributed by atoms with E-state index in [0.717, 1.165) is 15.4 Å². The van der Waals surface area contributed by atoms with Gasteiger partial charge in [0, 0.05) is 16.3 Å². The quantitative estimate of drug-likeness (QED) is 0.652. The van der Waals surface area contributed by atoms with Gasteiger partial charge in [0.15, 0.2) is 5.78 Å². The van der Waals surface area contributed by atoms with E-state index < -0.39 is 0 Å². The molecule has 0 saturated carbocycles. The van der Waals surface area contributed by atoms with Crippen molar-refractivity contribution in [2.24, 2.45) is 0 Å². The highest BCUT2D eigenvalue weighted by Gasteiger charge is 2.12. The molecule has 3 aromatic rings. The van der Waals surface area contributed by atoms with E-state index in [1.807, 2.05) is 30.3 Å². The minimum Gasteiger partial charge on any atom is -0.292 e. The van der Waals surface area contributed by atoms with Crippen molar-refractivity contribution in [2.45, 2.75) is 6.42 Å². The number of halogens is 2. The van der Waals surface area contributed by atoms with E-state index in [0.29, 0.717) is 11.3 Å². The van der Waals surface area contributed by atoms with Crippen LogP contribution in [-0.4, -0.2) is 10.8 Å². The molecule has 0 aliphatic carbocycles. The number of hydrogen-bond donors (Lipinski definition) is 0. The Kier molecular flexibility index (Phi) is 3.80. The van der Waals surface area contributed by atoms with Crippen LogP contribution in [0.25, 0.3) is 10.9 Å². The summed E-state index contributed by atoms with van der Waals surface area (Å²) in [6.45, 7) is 0. The van der Waals surface area contributed by atoms with Crippen LogP contribution in [0.2, 0.25) is 0 Å². The van der Waals surface area contributed by atoms with Crippen molar-refractivity contribution in [3.8, 4) is 0 Å². The van der Waals surface area contributed by atoms with Crippen LogP contribution in [0, 0.1) is 5.82 Å². The number of benzene rings is 2. The highest BCUT2D eigenvalue weighted by Crippen LogP contribution is 2.20. The van der Waals surface area contributed by atoms with Crippen LogP contribution < -0.4 is 0 Å². The molecule has 104 valence electrons. The molecule has 2 aromatic carbocycles. The van der Waals surface area contributed by atoms with Crippen molar-refractivity contribution in [1.82, 2.24) is 4.98 Å². The van der Waals surface area contributed by atoms with E-state index in [4.69, 9.17) is 0 Å². The monoisotopic (exact) mass is 343 g/mol. The molecule has 3 rings (SSSR count). The molecule has 0 aliphatic heterocycles. The molecule has 2 nitrogen and oxygen atoms in total. The van der Waals surface area contributed by atoms with E-state index in [2.05, 4.69) is 20.9 Å². The predicted octanol–water partition coefficient (Wildman–Crippen LogP) is 4.56. The van der Waals surface area contributed by atoms with Crippen molar-refractivity contribution in [1.29, 1.82) is 0 Å². The molecule has 4 heteroatoms. The SMILES string of the molecule is O=C(Cc1cc(F)ccc1Br)c1ccc2ccccc2n1. The molecular formula is C17H11BrFNO. The van der Waals surface area contributed by atoms with E-state index in [9.17, 15) is 9.18 Å². The molecule has 1 heterocycles. The molecule has 0 fully saturated rings. The first kappa shape index (κ1) is 13.9. The zero-order valence-corrected chi connectivity index (χ0v) is 12.6. The number of pyridine rings is 1. The second-order valence-electron chi connectivity index (χ2n) is 4.72. The predicted molar refractivity (Wildman–Crippen MR) is 83.9 cm³/mol. The maximum atomic E-state index is 13.3. The first-order chi connectivity index (χ1) is 10.1. The number of carbonyl (C=O) groups is 1. The van der Waals surface area contributed by atoms with Gasteiger partial charge in [-0.25, -0.2) is 9.37 Å². The summed E-state index contributed by atoms with van der Waals surface area (Å²) in [4.78, 5) is 16.7. The Labute approximate surface area is 129 Å². The van der Waals surface area contributed by atoms with Crippen LogP contribution >= 0.6 is 15.9 Å². The smallest absolute Gasteiger partial charge is 0.185 e. The molecule has 0 amide bonds. The van der Waals surface area contributed by atoms with Crippen LogP contribution in [0.3, 0.4) is 0 Å². The highest BCUT2D eigenvalue weighted by molar-refractivity contribution is 9.10. The fraction of sp³-hybridized carbons (Fsp3) is 0.0588. The molecule has 0 aliphatic rings. The second kappa shape index (κ2) is 5.74. The Hall–Kier alpha value is -2.07. The standard InChI is InChI=1S/C17H11BrFNO/c18-14-7-6-13(19)9-12(14)10-17(21)16-8-5-11-3-1-2-4-15(11)20-16/h1-9H,10H2. The number of rotatable bonds is 3. The number of fused-ring (bicyclic) bond motifs is 1. The van der Waals surface area contributed by atoms with Gasteiger partial charge in [-0.1, -0.05) is 40.2 Å². The number of Topliss-reactive ketones (excluding diaryl/α,β-unsaturated/α-hetero) is 1. The molecule has 0 bridgehead atoms. The Balaban J connectivity index is 1.91. The van der Waals surface area contributed by atoms with Crippen LogP contribution in [0.1, 0.15) is 16.1 Å². The summed E-state index contributed by atoms with van der Waals surface area (Å²) in [6.07, 6.45) is 0.115. The van der Waals surface area contributed by atoms with E-state index >= 15 is 0 Å². The van der Waals surface area contributed by atoms with Crippen LogP contribution in [-0.2, 0) is 6.42 Å². The van der Waals surface area contributed by atoms with E-state index in [1.165, 1.54) is 12.1 Å². The third kappa shape index (κ3) is 3.00. The summed E-state index contributed by atoms with van der Waals surface area (Å²) >= 11 is 3.33. The Morgan fingerprint density at radius 2 is 1.90 bits per heavy atom. The maximum absolute atomic E-state index is 13.3. The van der Waals surface area contributed by atoms with Crippen LogP contribution in [0.4, 0.5) is 4.39 Å². The van der Waals surface area contributed by atoms with Gasteiger partial charge in [-0.2, -0.15) is 0 Å². The number of carbonyl (C=O) groups excluding carboxylic acids is 1. The summed E-state index contributed by atoms with van der Waals surface area (Å²) in [5, 5.41) is 0.987. The van der Waals surface area contributed by atoms with Gasteiger partial charge in [-0.15, -0.1) is 0 Å². The van der Waals surface area contributed by atoms with Crippen LogP contribution in [0.15, 0.2) is 59.1 Å². The number of nitrogens with zero attached hydrogens (tertiary/aromatic N) is 1. The molecule has 0 unspecified atom stereocenters. The lowest BCUT2D eigenvalue weighted by molar-refractivity contribution is 0.0988. The molecular weight excluding hydrogens is 333 g/mol. The Morgan fingerprint density at radius 1 is 1.10 bits per heavy atom. The number of hydrogen-bond acceptors (Lipinski definition) is 2.